The van der Waals surface area contributed by atoms with Crippen LogP contribution in [0.25, 0.3) is 10.9 Å². The Kier molecular flexibility index (Phi) is 3.75. The summed E-state index contributed by atoms with van der Waals surface area (Å²) in [5, 5.41) is 10.5. The molecule has 3 N–H and O–H groups in total. The van der Waals surface area contributed by atoms with E-state index in [2.05, 4.69) is 41.8 Å². The van der Waals surface area contributed by atoms with Gasteiger partial charge in [-0.2, -0.15) is 0 Å². The van der Waals surface area contributed by atoms with Gasteiger partial charge in [0, 0.05) is 28.8 Å². The SMILES string of the molecule is Cc1cccc(Cn2c3c(c4cc(N)ccc42)CC(C(=O)O)CC3)c1. The first kappa shape index (κ1) is 15.8. The summed E-state index contributed by atoms with van der Waals surface area (Å²) in [5.74, 6) is -0.999. The summed E-state index contributed by atoms with van der Waals surface area (Å²) in [4.78, 5) is 11.5. The largest absolute Gasteiger partial charge is 0.481 e. The zero-order valence-corrected chi connectivity index (χ0v) is 14.3. The lowest BCUT2D eigenvalue weighted by molar-refractivity contribution is -0.142. The number of anilines is 1. The number of aromatic nitrogens is 1. The first-order valence-electron chi connectivity index (χ1n) is 8.71. The molecular formula is C21H22N2O2. The fourth-order valence-corrected chi connectivity index (χ4v) is 4.05. The van der Waals surface area contributed by atoms with Crippen LogP contribution in [0.1, 0.15) is 28.8 Å². The van der Waals surface area contributed by atoms with Crippen LogP contribution in [0.4, 0.5) is 5.69 Å². The summed E-state index contributed by atoms with van der Waals surface area (Å²) < 4.78 is 2.34. The van der Waals surface area contributed by atoms with Crippen molar-refractivity contribution < 1.29 is 9.90 Å². The molecule has 2 aromatic carbocycles. The number of fused-ring (bicyclic) bond motifs is 3. The number of nitrogens with zero attached hydrogens (tertiary/aromatic N) is 1. The molecule has 128 valence electrons. The Morgan fingerprint density at radius 1 is 1.28 bits per heavy atom. The minimum Gasteiger partial charge on any atom is -0.481 e. The molecule has 4 heteroatoms. The number of nitrogen functional groups attached to an aromatic ring is 1. The Labute approximate surface area is 146 Å². The van der Waals surface area contributed by atoms with Crippen LogP contribution in [-0.2, 0) is 24.2 Å². The predicted molar refractivity (Wildman–Crippen MR) is 99.8 cm³/mol. The quantitative estimate of drug-likeness (QED) is 0.717. The monoisotopic (exact) mass is 334 g/mol. The maximum atomic E-state index is 11.5. The molecule has 1 heterocycles. The van der Waals surface area contributed by atoms with E-state index in [1.54, 1.807) is 0 Å². The molecule has 0 amide bonds. The van der Waals surface area contributed by atoms with E-state index in [1.165, 1.54) is 16.8 Å². The Hall–Kier alpha value is -2.75. The molecule has 25 heavy (non-hydrogen) atoms. The fourth-order valence-electron chi connectivity index (χ4n) is 4.05. The van der Waals surface area contributed by atoms with E-state index < -0.39 is 5.97 Å². The van der Waals surface area contributed by atoms with E-state index >= 15 is 0 Å². The van der Waals surface area contributed by atoms with E-state index in [4.69, 9.17) is 5.73 Å². The molecule has 0 aliphatic heterocycles. The number of rotatable bonds is 3. The van der Waals surface area contributed by atoms with E-state index in [9.17, 15) is 9.90 Å². The van der Waals surface area contributed by atoms with Crippen molar-refractivity contribution in [1.82, 2.24) is 4.57 Å². The summed E-state index contributed by atoms with van der Waals surface area (Å²) in [6.07, 6.45) is 2.08. The summed E-state index contributed by atoms with van der Waals surface area (Å²) >= 11 is 0. The van der Waals surface area contributed by atoms with Gasteiger partial charge in [-0.1, -0.05) is 29.8 Å². The number of carboxylic acid groups (broad SMARTS) is 1. The number of hydrogen-bond acceptors (Lipinski definition) is 2. The average molecular weight is 334 g/mol. The Balaban J connectivity index is 1.86. The van der Waals surface area contributed by atoms with Gasteiger partial charge in [-0.05, 0) is 55.5 Å². The summed E-state index contributed by atoms with van der Waals surface area (Å²) in [6, 6.07) is 14.5. The van der Waals surface area contributed by atoms with Crippen LogP contribution >= 0.6 is 0 Å². The molecule has 1 aliphatic rings. The third-order valence-electron chi connectivity index (χ3n) is 5.26. The number of nitrogens with two attached hydrogens (primary N) is 1. The minimum absolute atomic E-state index is 0.299. The molecule has 4 nitrogen and oxygen atoms in total. The number of carbonyl (C=O) groups is 1. The summed E-state index contributed by atoms with van der Waals surface area (Å²) in [6.45, 7) is 2.90. The second-order valence-corrected chi connectivity index (χ2v) is 7.05. The van der Waals surface area contributed by atoms with Gasteiger partial charge in [-0.3, -0.25) is 4.79 Å². The van der Waals surface area contributed by atoms with Crippen molar-refractivity contribution >= 4 is 22.6 Å². The zero-order chi connectivity index (χ0) is 17.6. The van der Waals surface area contributed by atoms with Gasteiger partial charge in [-0.25, -0.2) is 0 Å². The highest BCUT2D eigenvalue weighted by Gasteiger charge is 2.29. The molecule has 0 fully saturated rings. The molecule has 0 radical (unpaired) electrons. The van der Waals surface area contributed by atoms with Gasteiger partial charge < -0.3 is 15.4 Å². The maximum absolute atomic E-state index is 11.5. The molecule has 0 bridgehead atoms. The van der Waals surface area contributed by atoms with E-state index in [0.717, 1.165) is 35.1 Å². The van der Waals surface area contributed by atoms with Crippen molar-refractivity contribution in [3.63, 3.8) is 0 Å². The van der Waals surface area contributed by atoms with Crippen LogP contribution in [0.2, 0.25) is 0 Å². The molecule has 1 atom stereocenters. The topological polar surface area (TPSA) is 68.2 Å². The van der Waals surface area contributed by atoms with Crippen molar-refractivity contribution in [2.24, 2.45) is 5.92 Å². The van der Waals surface area contributed by atoms with Gasteiger partial charge in [-0.15, -0.1) is 0 Å². The first-order valence-corrected chi connectivity index (χ1v) is 8.71. The van der Waals surface area contributed by atoms with Gasteiger partial charge in [0.05, 0.1) is 5.92 Å². The highest BCUT2D eigenvalue weighted by atomic mass is 16.4. The molecule has 1 aliphatic carbocycles. The van der Waals surface area contributed by atoms with Crippen LogP contribution in [-0.4, -0.2) is 15.6 Å². The van der Waals surface area contributed by atoms with E-state index in [0.29, 0.717) is 12.8 Å². The van der Waals surface area contributed by atoms with Gasteiger partial charge in [0.15, 0.2) is 0 Å². The van der Waals surface area contributed by atoms with Crippen LogP contribution in [0.5, 0.6) is 0 Å². The summed E-state index contributed by atoms with van der Waals surface area (Å²) in [7, 11) is 0. The van der Waals surface area contributed by atoms with Gasteiger partial charge in [0.2, 0.25) is 0 Å². The second kappa shape index (κ2) is 5.96. The van der Waals surface area contributed by atoms with Crippen molar-refractivity contribution in [1.29, 1.82) is 0 Å². The highest BCUT2D eigenvalue weighted by Crippen LogP contribution is 2.36. The molecule has 0 spiro atoms. The van der Waals surface area contributed by atoms with Gasteiger partial charge in [0.25, 0.3) is 0 Å². The molecule has 1 unspecified atom stereocenters. The van der Waals surface area contributed by atoms with Crippen molar-refractivity contribution in [2.45, 2.75) is 32.7 Å². The van der Waals surface area contributed by atoms with Crippen molar-refractivity contribution in [2.75, 3.05) is 5.73 Å². The van der Waals surface area contributed by atoms with Gasteiger partial charge >= 0.3 is 5.97 Å². The first-order chi connectivity index (χ1) is 12.0. The van der Waals surface area contributed by atoms with Gasteiger partial charge in [0.1, 0.15) is 0 Å². The van der Waals surface area contributed by atoms with Crippen molar-refractivity contribution in [3.8, 4) is 0 Å². The maximum Gasteiger partial charge on any atom is 0.306 e. The van der Waals surface area contributed by atoms with Crippen LogP contribution < -0.4 is 5.73 Å². The molecule has 1 aromatic heterocycles. The predicted octanol–water partition coefficient (Wildman–Crippen LogP) is 3.77. The smallest absolute Gasteiger partial charge is 0.306 e. The van der Waals surface area contributed by atoms with Crippen LogP contribution in [0.3, 0.4) is 0 Å². The number of aryl methyl sites for hydroxylation is 1. The third kappa shape index (κ3) is 2.78. The standard InChI is InChI=1S/C21H22N2O2/c1-13-3-2-4-14(9-13)12-23-19-7-5-15(21(24)25)10-17(19)18-11-16(22)6-8-20(18)23/h2-4,6,8-9,11,15H,5,7,10,12,22H2,1H3,(H,24,25). The number of aliphatic carboxylic acids is 1. The normalized spacial score (nSPS) is 16.8. The Morgan fingerprint density at radius 3 is 2.88 bits per heavy atom. The summed E-state index contributed by atoms with van der Waals surface area (Å²) in [5.41, 5.74) is 12.8. The molecular weight excluding hydrogens is 312 g/mol. The minimum atomic E-state index is -0.700. The van der Waals surface area contributed by atoms with E-state index in [-0.39, 0.29) is 5.92 Å². The fraction of sp³-hybridized carbons (Fsp3) is 0.286. The van der Waals surface area contributed by atoms with Crippen LogP contribution in [0.15, 0.2) is 42.5 Å². The van der Waals surface area contributed by atoms with Crippen molar-refractivity contribution in [3.05, 3.63) is 64.8 Å². The Bertz CT molecular complexity index is 971. The molecule has 4 rings (SSSR count). The van der Waals surface area contributed by atoms with Crippen LogP contribution in [0, 0.1) is 12.8 Å². The average Bonchev–Trinajstić information content (AvgIpc) is 2.88. The highest BCUT2D eigenvalue weighted by molar-refractivity contribution is 5.89. The number of carboxylic acids is 1. The zero-order valence-electron chi connectivity index (χ0n) is 14.3. The lowest BCUT2D eigenvalue weighted by Crippen LogP contribution is -2.23. The lowest BCUT2D eigenvalue weighted by Gasteiger charge is -2.21. The lowest BCUT2D eigenvalue weighted by atomic mass is 9.86. The number of benzene rings is 2. The molecule has 3 aromatic rings. The van der Waals surface area contributed by atoms with E-state index in [1.807, 2.05) is 12.1 Å². The Morgan fingerprint density at radius 2 is 2.12 bits per heavy atom. The third-order valence-corrected chi connectivity index (χ3v) is 5.26. The second-order valence-electron chi connectivity index (χ2n) is 7.05. The molecule has 0 saturated carbocycles. The number of hydrogen-bond donors (Lipinski definition) is 2. The molecule has 0 saturated heterocycles.